The van der Waals surface area contributed by atoms with E-state index in [1.807, 2.05) is 18.9 Å². The molecular weight excluding hydrogens is 178 g/mol. The van der Waals surface area contributed by atoms with Gasteiger partial charge in [-0.3, -0.25) is 9.69 Å². The highest BCUT2D eigenvalue weighted by atomic mass is 16.4. The van der Waals surface area contributed by atoms with E-state index in [-0.39, 0.29) is 6.04 Å². The average molecular weight is 199 g/mol. The van der Waals surface area contributed by atoms with Crippen LogP contribution in [-0.2, 0) is 4.79 Å². The van der Waals surface area contributed by atoms with Gasteiger partial charge in [0.2, 0.25) is 0 Å². The van der Waals surface area contributed by atoms with Gasteiger partial charge in [-0.05, 0) is 39.2 Å². The number of carboxylic acid groups (broad SMARTS) is 1. The monoisotopic (exact) mass is 199 g/mol. The van der Waals surface area contributed by atoms with Gasteiger partial charge >= 0.3 is 5.97 Å². The Morgan fingerprint density at radius 2 is 2.14 bits per heavy atom. The number of aliphatic carboxylic acids is 1. The lowest BCUT2D eigenvalue weighted by Gasteiger charge is -2.30. The van der Waals surface area contributed by atoms with Gasteiger partial charge in [0.05, 0.1) is 0 Å². The van der Waals surface area contributed by atoms with Gasteiger partial charge < -0.3 is 5.11 Å². The molecule has 3 heteroatoms. The van der Waals surface area contributed by atoms with Gasteiger partial charge in [-0.15, -0.1) is 0 Å². The first kappa shape index (κ1) is 11.5. The summed E-state index contributed by atoms with van der Waals surface area (Å²) in [6.45, 7) is 4.18. The van der Waals surface area contributed by atoms with Gasteiger partial charge in [-0.2, -0.15) is 0 Å². The molecule has 0 aromatic heterocycles. The third kappa shape index (κ3) is 2.71. The molecule has 14 heavy (non-hydrogen) atoms. The van der Waals surface area contributed by atoms with Crippen LogP contribution in [0.1, 0.15) is 39.5 Å². The van der Waals surface area contributed by atoms with Gasteiger partial charge in [-0.25, -0.2) is 0 Å². The van der Waals surface area contributed by atoms with Crippen molar-refractivity contribution in [1.82, 2.24) is 4.90 Å². The highest BCUT2D eigenvalue weighted by molar-refractivity contribution is 5.73. The first-order valence-corrected chi connectivity index (χ1v) is 5.52. The number of rotatable bonds is 6. The van der Waals surface area contributed by atoms with Crippen molar-refractivity contribution in [3.05, 3.63) is 0 Å². The third-order valence-corrected chi connectivity index (χ3v) is 3.29. The second kappa shape index (κ2) is 4.78. The summed E-state index contributed by atoms with van der Waals surface area (Å²) in [4.78, 5) is 13.1. The zero-order valence-corrected chi connectivity index (χ0v) is 9.36. The van der Waals surface area contributed by atoms with E-state index in [2.05, 4.69) is 6.92 Å². The summed E-state index contributed by atoms with van der Waals surface area (Å²) in [5, 5.41) is 9.08. The van der Waals surface area contributed by atoms with E-state index in [1.165, 1.54) is 12.8 Å². The van der Waals surface area contributed by atoms with Crippen molar-refractivity contribution >= 4 is 5.97 Å². The lowest BCUT2D eigenvalue weighted by molar-refractivity contribution is -0.144. The largest absolute Gasteiger partial charge is 0.480 e. The van der Waals surface area contributed by atoms with Crippen LogP contribution in [0, 0.1) is 5.92 Å². The molecular formula is C11H21NO2. The molecule has 82 valence electrons. The zero-order chi connectivity index (χ0) is 10.7. The minimum absolute atomic E-state index is 0.296. The minimum Gasteiger partial charge on any atom is -0.480 e. The SMILES string of the molecule is CCCC(C(=O)O)N(C)C(C)C1CC1. The van der Waals surface area contributed by atoms with E-state index in [1.54, 1.807) is 0 Å². The van der Waals surface area contributed by atoms with Crippen molar-refractivity contribution in [2.24, 2.45) is 5.92 Å². The Balaban J connectivity index is 2.51. The Morgan fingerprint density at radius 1 is 1.57 bits per heavy atom. The molecule has 1 saturated carbocycles. The molecule has 0 bridgehead atoms. The lowest BCUT2D eigenvalue weighted by atomic mass is 10.1. The van der Waals surface area contributed by atoms with Crippen LogP contribution in [0.3, 0.4) is 0 Å². The topological polar surface area (TPSA) is 40.5 Å². The Kier molecular flexibility index (Phi) is 3.93. The Labute approximate surface area is 86.1 Å². The van der Waals surface area contributed by atoms with Gasteiger partial charge in [0, 0.05) is 6.04 Å². The Bertz CT molecular complexity index is 201. The van der Waals surface area contributed by atoms with Crippen LogP contribution in [0.2, 0.25) is 0 Å². The van der Waals surface area contributed by atoms with Crippen molar-refractivity contribution in [3.8, 4) is 0 Å². The molecule has 0 saturated heterocycles. The number of hydrogen-bond acceptors (Lipinski definition) is 2. The van der Waals surface area contributed by atoms with E-state index >= 15 is 0 Å². The molecule has 0 heterocycles. The molecule has 2 atom stereocenters. The second-order valence-corrected chi connectivity index (χ2v) is 4.39. The lowest BCUT2D eigenvalue weighted by Crippen LogP contribution is -2.44. The number of carboxylic acids is 1. The number of nitrogens with zero attached hydrogens (tertiary/aromatic N) is 1. The van der Waals surface area contributed by atoms with E-state index in [4.69, 9.17) is 5.11 Å². The van der Waals surface area contributed by atoms with E-state index in [0.29, 0.717) is 6.04 Å². The van der Waals surface area contributed by atoms with Crippen molar-refractivity contribution < 1.29 is 9.90 Å². The van der Waals surface area contributed by atoms with Crippen molar-refractivity contribution in [2.75, 3.05) is 7.05 Å². The zero-order valence-electron chi connectivity index (χ0n) is 9.36. The number of hydrogen-bond donors (Lipinski definition) is 1. The standard InChI is InChI=1S/C11H21NO2/c1-4-5-10(11(13)14)12(3)8(2)9-6-7-9/h8-10H,4-7H2,1-3H3,(H,13,14). The maximum atomic E-state index is 11.0. The molecule has 2 unspecified atom stereocenters. The minimum atomic E-state index is -0.679. The Hall–Kier alpha value is -0.570. The number of carbonyl (C=O) groups is 1. The molecule has 0 spiro atoms. The summed E-state index contributed by atoms with van der Waals surface area (Å²) in [7, 11) is 1.94. The average Bonchev–Trinajstić information content (AvgIpc) is 2.94. The normalized spacial score (nSPS) is 20.9. The maximum absolute atomic E-state index is 11.0. The first-order valence-electron chi connectivity index (χ1n) is 5.52. The molecule has 1 rings (SSSR count). The Morgan fingerprint density at radius 3 is 2.50 bits per heavy atom. The van der Waals surface area contributed by atoms with E-state index < -0.39 is 5.97 Å². The predicted octanol–water partition coefficient (Wildman–Crippen LogP) is 1.97. The highest BCUT2D eigenvalue weighted by Gasteiger charge is 2.35. The van der Waals surface area contributed by atoms with Crippen LogP contribution in [-0.4, -0.2) is 35.1 Å². The summed E-state index contributed by atoms with van der Waals surface area (Å²) in [6.07, 6.45) is 4.22. The van der Waals surface area contributed by atoms with Crippen LogP contribution >= 0.6 is 0 Å². The summed E-state index contributed by atoms with van der Waals surface area (Å²) in [5.74, 6) is 0.0561. The maximum Gasteiger partial charge on any atom is 0.320 e. The van der Waals surface area contributed by atoms with Crippen molar-refractivity contribution in [3.63, 3.8) is 0 Å². The first-order chi connectivity index (χ1) is 6.57. The molecule has 1 N–H and O–H groups in total. The second-order valence-electron chi connectivity index (χ2n) is 4.39. The summed E-state index contributed by atoms with van der Waals surface area (Å²) >= 11 is 0. The summed E-state index contributed by atoms with van der Waals surface area (Å²) in [6, 6.07) is 0.123. The molecule has 0 aliphatic heterocycles. The van der Waals surface area contributed by atoms with E-state index in [9.17, 15) is 4.79 Å². The van der Waals surface area contributed by atoms with Gasteiger partial charge in [0.15, 0.2) is 0 Å². The molecule has 1 fully saturated rings. The van der Waals surface area contributed by atoms with Crippen LogP contribution in [0.25, 0.3) is 0 Å². The fraction of sp³-hybridized carbons (Fsp3) is 0.909. The molecule has 0 aromatic carbocycles. The molecule has 0 radical (unpaired) electrons. The fourth-order valence-electron chi connectivity index (χ4n) is 1.97. The van der Waals surface area contributed by atoms with Crippen molar-refractivity contribution in [1.29, 1.82) is 0 Å². The van der Waals surface area contributed by atoms with E-state index in [0.717, 1.165) is 18.8 Å². The predicted molar refractivity (Wildman–Crippen MR) is 56.3 cm³/mol. The van der Waals surface area contributed by atoms with Crippen LogP contribution < -0.4 is 0 Å². The quantitative estimate of drug-likeness (QED) is 0.711. The van der Waals surface area contributed by atoms with Crippen molar-refractivity contribution in [2.45, 2.75) is 51.6 Å². The highest BCUT2D eigenvalue weighted by Crippen LogP contribution is 2.35. The third-order valence-electron chi connectivity index (χ3n) is 3.29. The van der Waals surface area contributed by atoms with Gasteiger partial charge in [0.1, 0.15) is 6.04 Å². The fourth-order valence-corrected chi connectivity index (χ4v) is 1.97. The summed E-state index contributed by atoms with van der Waals surface area (Å²) in [5.41, 5.74) is 0. The summed E-state index contributed by atoms with van der Waals surface area (Å²) < 4.78 is 0. The molecule has 0 aromatic rings. The molecule has 3 nitrogen and oxygen atoms in total. The molecule has 1 aliphatic carbocycles. The van der Waals surface area contributed by atoms with Crippen LogP contribution in [0.4, 0.5) is 0 Å². The molecule has 0 amide bonds. The van der Waals surface area contributed by atoms with Crippen LogP contribution in [0.15, 0.2) is 0 Å². The van der Waals surface area contributed by atoms with Gasteiger partial charge in [0.25, 0.3) is 0 Å². The smallest absolute Gasteiger partial charge is 0.320 e. The van der Waals surface area contributed by atoms with Crippen LogP contribution in [0.5, 0.6) is 0 Å². The molecule has 1 aliphatic rings. The number of likely N-dealkylation sites (N-methyl/N-ethyl adjacent to an activating group) is 1. The van der Waals surface area contributed by atoms with Gasteiger partial charge in [-0.1, -0.05) is 13.3 Å².